The van der Waals surface area contributed by atoms with Crippen LogP contribution < -0.4 is 5.32 Å². The van der Waals surface area contributed by atoms with Gasteiger partial charge in [0.05, 0.1) is 33.8 Å². The minimum atomic E-state index is -0.776. The first kappa shape index (κ1) is 18.7. The Kier molecular flexibility index (Phi) is 5.12. The molecule has 10 heteroatoms. The van der Waals surface area contributed by atoms with Crippen LogP contribution in [0.3, 0.4) is 0 Å². The lowest BCUT2D eigenvalue weighted by Gasteiger charge is -2.15. The van der Waals surface area contributed by atoms with Gasteiger partial charge in [0.1, 0.15) is 0 Å². The molecule has 1 amide bonds. The number of nitro benzene ring substituents is 2. The molecule has 0 unspecified atom stereocenters. The maximum Gasteiger partial charge on any atom is 0.277 e. The Balaban J connectivity index is 1.78. The van der Waals surface area contributed by atoms with Gasteiger partial charge < -0.3 is 9.88 Å². The van der Waals surface area contributed by atoms with Crippen molar-refractivity contribution in [3.8, 4) is 5.69 Å². The molecule has 1 atom stereocenters. The van der Waals surface area contributed by atoms with Crippen molar-refractivity contribution >= 4 is 17.3 Å². The van der Waals surface area contributed by atoms with Crippen molar-refractivity contribution in [1.82, 2.24) is 14.9 Å². The summed E-state index contributed by atoms with van der Waals surface area (Å²) in [4.78, 5) is 36.8. The average molecular weight is 381 g/mol. The lowest BCUT2D eigenvalue weighted by Crippen LogP contribution is -2.26. The largest absolute Gasteiger partial charge is 0.346 e. The van der Waals surface area contributed by atoms with Crippen molar-refractivity contribution in [2.24, 2.45) is 0 Å². The smallest absolute Gasteiger partial charge is 0.277 e. The molecule has 0 spiro atoms. The number of benzene rings is 2. The second-order valence-corrected chi connectivity index (χ2v) is 6.01. The number of carbonyl (C=O) groups excluding carboxylic acids is 1. The molecule has 10 nitrogen and oxygen atoms in total. The topological polar surface area (TPSA) is 133 Å². The molecule has 0 aliphatic heterocycles. The van der Waals surface area contributed by atoms with E-state index < -0.39 is 33.2 Å². The molecule has 28 heavy (non-hydrogen) atoms. The molecule has 1 aromatic heterocycles. The van der Waals surface area contributed by atoms with Crippen LogP contribution in [0, 0.1) is 20.2 Å². The summed E-state index contributed by atoms with van der Waals surface area (Å²) in [6.45, 7) is 1.75. The van der Waals surface area contributed by atoms with Gasteiger partial charge in [-0.1, -0.05) is 12.1 Å². The Labute approximate surface area is 158 Å². The molecule has 1 N–H and O–H groups in total. The third kappa shape index (κ3) is 4.01. The molecule has 0 saturated carbocycles. The average Bonchev–Trinajstić information content (AvgIpc) is 3.22. The third-order valence-corrected chi connectivity index (χ3v) is 4.13. The highest BCUT2D eigenvalue weighted by Crippen LogP contribution is 2.23. The van der Waals surface area contributed by atoms with Crippen molar-refractivity contribution < 1.29 is 14.6 Å². The third-order valence-electron chi connectivity index (χ3n) is 4.13. The quantitative estimate of drug-likeness (QED) is 0.515. The standard InChI is InChI=1S/C18H15N5O5/c1-12(13-2-4-15(5-3-13)21-7-6-19-11-21)20-18(24)14-8-16(22(25)26)10-17(9-14)23(27)28/h2-12H,1H3,(H,20,24)/t12-/m1/s1. The summed E-state index contributed by atoms with van der Waals surface area (Å²) in [5.74, 6) is -0.641. The van der Waals surface area contributed by atoms with Crippen LogP contribution in [-0.4, -0.2) is 25.3 Å². The molecule has 142 valence electrons. The maximum atomic E-state index is 12.5. The van der Waals surface area contributed by atoms with E-state index >= 15 is 0 Å². The number of non-ortho nitro benzene ring substituents is 2. The summed E-state index contributed by atoms with van der Waals surface area (Å²) < 4.78 is 1.83. The van der Waals surface area contributed by atoms with E-state index in [4.69, 9.17) is 0 Å². The van der Waals surface area contributed by atoms with E-state index in [0.29, 0.717) is 0 Å². The summed E-state index contributed by atoms with van der Waals surface area (Å²) in [6, 6.07) is 9.80. The summed E-state index contributed by atoms with van der Waals surface area (Å²) in [6.07, 6.45) is 5.12. The van der Waals surface area contributed by atoms with Gasteiger partial charge in [0.2, 0.25) is 0 Å². The van der Waals surface area contributed by atoms with Crippen LogP contribution in [0.15, 0.2) is 61.2 Å². The lowest BCUT2D eigenvalue weighted by atomic mass is 10.1. The van der Waals surface area contributed by atoms with Crippen molar-refractivity contribution in [3.63, 3.8) is 0 Å². The molecule has 0 radical (unpaired) electrons. The number of aromatic nitrogens is 2. The van der Waals surface area contributed by atoms with Gasteiger partial charge in [-0.25, -0.2) is 4.98 Å². The van der Waals surface area contributed by atoms with Crippen molar-refractivity contribution in [2.45, 2.75) is 13.0 Å². The highest BCUT2D eigenvalue weighted by atomic mass is 16.6. The summed E-state index contributed by atoms with van der Waals surface area (Å²) >= 11 is 0. The number of nitro groups is 2. The summed E-state index contributed by atoms with van der Waals surface area (Å²) in [5.41, 5.74) is 0.516. The monoisotopic (exact) mass is 381 g/mol. The number of carbonyl (C=O) groups is 1. The Morgan fingerprint density at radius 3 is 2.18 bits per heavy atom. The molecule has 0 fully saturated rings. The molecule has 0 saturated heterocycles. The van der Waals surface area contributed by atoms with Crippen LogP contribution in [0.4, 0.5) is 11.4 Å². The molecule has 0 bridgehead atoms. The lowest BCUT2D eigenvalue weighted by molar-refractivity contribution is -0.394. The predicted molar refractivity (Wildman–Crippen MR) is 99.2 cm³/mol. The van der Waals surface area contributed by atoms with Gasteiger partial charge in [0.15, 0.2) is 0 Å². The zero-order valence-electron chi connectivity index (χ0n) is 14.7. The van der Waals surface area contributed by atoms with E-state index in [-0.39, 0.29) is 5.56 Å². The highest BCUT2D eigenvalue weighted by Gasteiger charge is 2.21. The fraction of sp³-hybridized carbons (Fsp3) is 0.111. The van der Waals surface area contributed by atoms with Crippen LogP contribution in [0.1, 0.15) is 28.9 Å². The van der Waals surface area contributed by atoms with Gasteiger partial charge in [-0.2, -0.15) is 0 Å². The number of rotatable bonds is 6. The Hall–Kier alpha value is -4.08. The van der Waals surface area contributed by atoms with Gasteiger partial charge in [0.25, 0.3) is 17.3 Å². The number of amides is 1. The van der Waals surface area contributed by atoms with Gasteiger partial charge >= 0.3 is 0 Å². The number of nitrogens with one attached hydrogen (secondary N) is 1. The van der Waals surface area contributed by atoms with Crippen molar-refractivity contribution in [3.05, 3.63) is 92.5 Å². The van der Waals surface area contributed by atoms with Crippen molar-refractivity contribution in [2.75, 3.05) is 0 Å². The van der Waals surface area contributed by atoms with E-state index in [1.165, 1.54) is 0 Å². The summed E-state index contributed by atoms with van der Waals surface area (Å²) in [7, 11) is 0. The molecule has 1 heterocycles. The first-order valence-corrected chi connectivity index (χ1v) is 8.18. The van der Waals surface area contributed by atoms with E-state index in [2.05, 4.69) is 10.3 Å². The second kappa shape index (κ2) is 7.66. The van der Waals surface area contributed by atoms with Gasteiger partial charge in [-0.3, -0.25) is 25.0 Å². The predicted octanol–water partition coefficient (Wildman–Crippen LogP) is 3.18. The molecule has 2 aromatic carbocycles. The van der Waals surface area contributed by atoms with E-state index in [9.17, 15) is 25.0 Å². The van der Waals surface area contributed by atoms with E-state index in [1.807, 2.05) is 28.8 Å². The first-order valence-electron chi connectivity index (χ1n) is 8.18. The molecule has 0 aliphatic carbocycles. The number of imidazole rings is 1. The van der Waals surface area contributed by atoms with Gasteiger partial charge in [0, 0.05) is 30.2 Å². The van der Waals surface area contributed by atoms with E-state index in [0.717, 1.165) is 29.4 Å². The second-order valence-electron chi connectivity index (χ2n) is 6.01. The van der Waals surface area contributed by atoms with Crippen LogP contribution >= 0.6 is 0 Å². The van der Waals surface area contributed by atoms with Gasteiger partial charge in [-0.15, -0.1) is 0 Å². The fourth-order valence-electron chi connectivity index (χ4n) is 2.65. The van der Waals surface area contributed by atoms with Crippen LogP contribution in [0.2, 0.25) is 0 Å². The zero-order valence-corrected chi connectivity index (χ0v) is 14.7. The minimum Gasteiger partial charge on any atom is -0.346 e. The minimum absolute atomic E-state index is 0.150. The first-order chi connectivity index (χ1) is 13.3. The molecule has 3 rings (SSSR count). The molecule has 3 aromatic rings. The fourth-order valence-corrected chi connectivity index (χ4v) is 2.65. The van der Waals surface area contributed by atoms with Crippen LogP contribution in [-0.2, 0) is 0 Å². The molecular formula is C18H15N5O5. The Morgan fingerprint density at radius 2 is 1.68 bits per heavy atom. The van der Waals surface area contributed by atoms with Crippen LogP contribution in [0.25, 0.3) is 5.69 Å². The van der Waals surface area contributed by atoms with Crippen LogP contribution in [0.5, 0.6) is 0 Å². The van der Waals surface area contributed by atoms with Crippen molar-refractivity contribution in [1.29, 1.82) is 0 Å². The Morgan fingerprint density at radius 1 is 1.07 bits per heavy atom. The van der Waals surface area contributed by atoms with E-state index in [1.54, 1.807) is 25.6 Å². The number of nitrogens with zero attached hydrogens (tertiary/aromatic N) is 4. The normalized spacial score (nSPS) is 11.6. The number of hydrogen-bond acceptors (Lipinski definition) is 6. The highest BCUT2D eigenvalue weighted by molar-refractivity contribution is 5.95. The van der Waals surface area contributed by atoms with Gasteiger partial charge in [-0.05, 0) is 24.6 Å². The summed E-state index contributed by atoms with van der Waals surface area (Å²) in [5, 5.41) is 24.6. The Bertz CT molecular complexity index is 999. The number of hydrogen-bond donors (Lipinski definition) is 1. The molecular weight excluding hydrogens is 366 g/mol. The maximum absolute atomic E-state index is 12.5. The zero-order chi connectivity index (χ0) is 20.3. The molecule has 0 aliphatic rings. The SMILES string of the molecule is C[C@@H](NC(=O)c1cc([N+](=O)[O-])cc([N+](=O)[O-])c1)c1ccc(-n2ccnc2)cc1.